The molecule has 2 rings (SSSR count). The highest BCUT2D eigenvalue weighted by molar-refractivity contribution is 5.89. The van der Waals surface area contributed by atoms with Crippen LogP contribution in [-0.2, 0) is 11.8 Å². The molecule has 18 heavy (non-hydrogen) atoms. The van der Waals surface area contributed by atoms with Gasteiger partial charge in [0.05, 0.1) is 12.3 Å². The standard InChI is InChI=1S/C13H13FN2O2/c1-3-18-13(17)12-8-11(15-16(12)2)9-4-6-10(14)7-5-9/h4-8H,3H2,1-2H3. The van der Waals surface area contributed by atoms with E-state index in [1.165, 1.54) is 16.8 Å². The van der Waals surface area contributed by atoms with Crippen LogP contribution in [0.5, 0.6) is 0 Å². The van der Waals surface area contributed by atoms with Gasteiger partial charge in [0.1, 0.15) is 11.5 Å². The highest BCUT2D eigenvalue weighted by Gasteiger charge is 2.14. The van der Waals surface area contributed by atoms with Crippen LogP contribution in [0.4, 0.5) is 4.39 Å². The highest BCUT2D eigenvalue weighted by Crippen LogP contribution is 2.19. The molecule has 0 fully saturated rings. The van der Waals surface area contributed by atoms with Gasteiger partial charge in [0.2, 0.25) is 0 Å². The molecule has 1 heterocycles. The number of aromatic nitrogens is 2. The number of carbonyl (C=O) groups is 1. The average Bonchev–Trinajstić information content (AvgIpc) is 2.72. The Morgan fingerprint density at radius 3 is 2.67 bits per heavy atom. The van der Waals surface area contributed by atoms with Crippen LogP contribution < -0.4 is 0 Å². The molecule has 0 amide bonds. The first-order valence-corrected chi connectivity index (χ1v) is 5.59. The van der Waals surface area contributed by atoms with Gasteiger partial charge in [0.25, 0.3) is 0 Å². The maximum Gasteiger partial charge on any atom is 0.356 e. The number of esters is 1. The van der Waals surface area contributed by atoms with Crippen molar-refractivity contribution in [2.24, 2.45) is 7.05 Å². The van der Waals surface area contributed by atoms with Gasteiger partial charge in [-0.05, 0) is 37.3 Å². The number of nitrogens with zero attached hydrogens (tertiary/aromatic N) is 2. The lowest BCUT2D eigenvalue weighted by atomic mass is 10.1. The van der Waals surface area contributed by atoms with Gasteiger partial charge in [0, 0.05) is 12.6 Å². The Balaban J connectivity index is 2.34. The first-order chi connectivity index (χ1) is 8.61. The number of carbonyl (C=O) groups excluding carboxylic acids is 1. The van der Waals surface area contributed by atoms with E-state index in [0.717, 1.165) is 5.56 Å². The third kappa shape index (κ3) is 2.40. The van der Waals surface area contributed by atoms with E-state index in [0.29, 0.717) is 18.0 Å². The third-order valence-electron chi connectivity index (χ3n) is 2.50. The summed E-state index contributed by atoms with van der Waals surface area (Å²) in [6.45, 7) is 2.06. The highest BCUT2D eigenvalue weighted by atomic mass is 19.1. The summed E-state index contributed by atoms with van der Waals surface area (Å²) in [5, 5.41) is 4.21. The molecule has 5 heteroatoms. The third-order valence-corrected chi connectivity index (χ3v) is 2.50. The molecule has 1 aromatic heterocycles. The number of hydrogen-bond donors (Lipinski definition) is 0. The SMILES string of the molecule is CCOC(=O)c1cc(-c2ccc(F)cc2)nn1C. The van der Waals surface area contributed by atoms with E-state index in [4.69, 9.17) is 4.74 Å². The summed E-state index contributed by atoms with van der Waals surface area (Å²) in [7, 11) is 1.67. The van der Waals surface area contributed by atoms with Crippen LogP contribution in [0.2, 0.25) is 0 Å². The van der Waals surface area contributed by atoms with Crippen molar-refractivity contribution < 1.29 is 13.9 Å². The number of benzene rings is 1. The fourth-order valence-corrected chi connectivity index (χ4v) is 1.63. The van der Waals surface area contributed by atoms with Crippen LogP contribution in [0, 0.1) is 5.82 Å². The zero-order valence-corrected chi connectivity index (χ0v) is 10.2. The lowest BCUT2D eigenvalue weighted by Crippen LogP contribution is -2.10. The summed E-state index contributed by atoms with van der Waals surface area (Å²) in [6.07, 6.45) is 0. The van der Waals surface area contributed by atoms with Crippen molar-refractivity contribution >= 4 is 5.97 Å². The molecule has 0 aliphatic rings. The number of rotatable bonds is 3. The molecule has 0 N–H and O–H groups in total. The van der Waals surface area contributed by atoms with Crippen LogP contribution in [-0.4, -0.2) is 22.4 Å². The Morgan fingerprint density at radius 1 is 1.39 bits per heavy atom. The Labute approximate surface area is 104 Å². The molecule has 0 saturated carbocycles. The smallest absolute Gasteiger partial charge is 0.356 e. The molecule has 0 spiro atoms. The lowest BCUT2D eigenvalue weighted by molar-refractivity contribution is 0.0513. The number of halogens is 1. The normalized spacial score (nSPS) is 10.4. The second-order valence-corrected chi connectivity index (χ2v) is 3.77. The molecule has 0 unspecified atom stereocenters. The first kappa shape index (κ1) is 12.3. The van der Waals surface area contributed by atoms with E-state index in [1.54, 1.807) is 32.2 Å². The van der Waals surface area contributed by atoms with Gasteiger partial charge in [-0.3, -0.25) is 4.68 Å². The molecular formula is C13H13FN2O2. The van der Waals surface area contributed by atoms with Crippen molar-refractivity contribution in [1.29, 1.82) is 0 Å². The summed E-state index contributed by atoms with van der Waals surface area (Å²) in [4.78, 5) is 11.6. The predicted octanol–water partition coefficient (Wildman–Crippen LogP) is 2.40. The molecule has 4 nitrogen and oxygen atoms in total. The lowest BCUT2D eigenvalue weighted by Gasteiger charge is -1.99. The second-order valence-electron chi connectivity index (χ2n) is 3.77. The molecule has 1 aromatic carbocycles. The molecule has 0 bridgehead atoms. The van der Waals surface area contributed by atoms with Gasteiger partial charge in [-0.2, -0.15) is 5.10 Å². The largest absolute Gasteiger partial charge is 0.461 e. The summed E-state index contributed by atoms with van der Waals surface area (Å²) >= 11 is 0. The van der Waals surface area contributed by atoms with Crippen LogP contribution in [0.25, 0.3) is 11.3 Å². The summed E-state index contributed by atoms with van der Waals surface area (Å²) in [5.41, 5.74) is 1.74. The van der Waals surface area contributed by atoms with Gasteiger partial charge >= 0.3 is 5.97 Å². The quantitative estimate of drug-likeness (QED) is 0.783. The van der Waals surface area contributed by atoms with E-state index in [2.05, 4.69) is 5.10 Å². The fraction of sp³-hybridized carbons (Fsp3) is 0.231. The van der Waals surface area contributed by atoms with Gasteiger partial charge in [-0.1, -0.05) is 0 Å². The fourth-order valence-electron chi connectivity index (χ4n) is 1.63. The monoisotopic (exact) mass is 248 g/mol. The van der Waals surface area contributed by atoms with E-state index >= 15 is 0 Å². The maximum absolute atomic E-state index is 12.8. The van der Waals surface area contributed by atoms with Crippen LogP contribution >= 0.6 is 0 Å². The zero-order valence-electron chi connectivity index (χ0n) is 10.2. The Kier molecular flexibility index (Phi) is 3.41. The van der Waals surface area contributed by atoms with E-state index in [1.807, 2.05) is 0 Å². The van der Waals surface area contributed by atoms with E-state index in [9.17, 15) is 9.18 Å². The minimum atomic E-state index is -0.416. The predicted molar refractivity (Wildman–Crippen MR) is 64.6 cm³/mol. The molecule has 0 saturated heterocycles. The number of hydrogen-bond acceptors (Lipinski definition) is 3. The van der Waals surface area contributed by atoms with E-state index < -0.39 is 5.97 Å². The van der Waals surface area contributed by atoms with Crippen LogP contribution in [0.3, 0.4) is 0 Å². The molecule has 0 aliphatic carbocycles. The molecule has 2 aromatic rings. The summed E-state index contributed by atoms with van der Waals surface area (Å²) in [5.74, 6) is -0.721. The minimum Gasteiger partial charge on any atom is -0.461 e. The summed E-state index contributed by atoms with van der Waals surface area (Å²) in [6, 6.07) is 7.58. The first-order valence-electron chi connectivity index (χ1n) is 5.59. The molecule has 94 valence electrons. The van der Waals surface area contributed by atoms with Crippen molar-refractivity contribution in [1.82, 2.24) is 9.78 Å². The second kappa shape index (κ2) is 5.00. The Bertz CT molecular complexity index is 561. The zero-order chi connectivity index (χ0) is 13.1. The maximum atomic E-state index is 12.8. The van der Waals surface area contributed by atoms with Crippen molar-refractivity contribution in [3.8, 4) is 11.3 Å². The van der Waals surface area contributed by atoms with E-state index in [-0.39, 0.29) is 5.82 Å². The average molecular weight is 248 g/mol. The van der Waals surface area contributed by atoms with Gasteiger partial charge in [-0.15, -0.1) is 0 Å². The van der Waals surface area contributed by atoms with Gasteiger partial charge < -0.3 is 4.74 Å². The molecule has 0 radical (unpaired) electrons. The Morgan fingerprint density at radius 2 is 2.06 bits per heavy atom. The van der Waals surface area contributed by atoms with Crippen molar-refractivity contribution in [2.45, 2.75) is 6.92 Å². The number of aryl methyl sites for hydroxylation is 1. The molecular weight excluding hydrogens is 235 g/mol. The number of ether oxygens (including phenoxy) is 1. The van der Waals surface area contributed by atoms with Crippen molar-refractivity contribution in [2.75, 3.05) is 6.61 Å². The molecule has 0 aliphatic heterocycles. The van der Waals surface area contributed by atoms with Gasteiger partial charge in [-0.25, -0.2) is 9.18 Å². The Hall–Kier alpha value is -2.17. The summed E-state index contributed by atoms with van der Waals surface area (Å²) < 4.78 is 19.2. The van der Waals surface area contributed by atoms with Crippen molar-refractivity contribution in [3.05, 3.63) is 41.8 Å². The molecule has 0 atom stereocenters. The van der Waals surface area contributed by atoms with Crippen molar-refractivity contribution in [3.63, 3.8) is 0 Å². The topological polar surface area (TPSA) is 44.1 Å². The van der Waals surface area contributed by atoms with Crippen LogP contribution in [0.1, 0.15) is 17.4 Å². The van der Waals surface area contributed by atoms with Crippen LogP contribution in [0.15, 0.2) is 30.3 Å². The van der Waals surface area contributed by atoms with Gasteiger partial charge in [0.15, 0.2) is 0 Å². The minimum absolute atomic E-state index is 0.305.